The summed E-state index contributed by atoms with van der Waals surface area (Å²) in [4.78, 5) is 6.73. The van der Waals surface area contributed by atoms with Crippen molar-refractivity contribution in [3.05, 3.63) is 42.5 Å². The standard InChI is InChI=1S/C15H15N3S/c1-18(2)11-8-6-10(7-9-11)15-17-13-5-3-4-12(16)14(13)19-15/h3-9H,16H2,1-2H3. The number of thiazole rings is 1. The van der Waals surface area contributed by atoms with E-state index in [1.165, 1.54) is 5.69 Å². The number of fused-ring (bicyclic) bond motifs is 1. The molecule has 0 radical (unpaired) electrons. The molecule has 0 fully saturated rings. The summed E-state index contributed by atoms with van der Waals surface area (Å²) in [5, 5.41) is 1.01. The fourth-order valence-electron chi connectivity index (χ4n) is 2.00. The molecule has 0 saturated carbocycles. The van der Waals surface area contributed by atoms with Gasteiger partial charge in [0.2, 0.25) is 0 Å². The topological polar surface area (TPSA) is 42.2 Å². The number of anilines is 2. The van der Waals surface area contributed by atoms with Crippen molar-refractivity contribution in [2.24, 2.45) is 0 Å². The van der Waals surface area contributed by atoms with Crippen molar-refractivity contribution in [2.45, 2.75) is 0 Å². The highest BCUT2D eigenvalue weighted by Crippen LogP contribution is 2.33. The third-order valence-electron chi connectivity index (χ3n) is 3.08. The Bertz CT molecular complexity index is 714. The smallest absolute Gasteiger partial charge is 0.124 e. The Morgan fingerprint density at radius 3 is 2.42 bits per heavy atom. The number of aromatic nitrogens is 1. The molecule has 3 aromatic rings. The predicted octanol–water partition coefficient (Wildman–Crippen LogP) is 3.61. The number of nitrogen functional groups attached to an aromatic ring is 1. The van der Waals surface area contributed by atoms with Crippen LogP contribution in [0.15, 0.2) is 42.5 Å². The molecule has 0 aliphatic carbocycles. The van der Waals surface area contributed by atoms with Gasteiger partial charge in [-0.05, 0) is 36.4 Å². The minimum atomic E-state index is 0.797. The summed E-state index contributed by atoms with van der Waals surface area (Å²) in [6, 6.07) is 14.3. The average molecular weight is 269 g/mol. The van der Waals surface area contributed by atoms with Gasteiger partial charge in [0.25, 0.3) is 0 Å². The van der Waals surface area contributed by atoms with Crippen LogP contribution in [-0.4, -0.2) is 19.1 Å². The normalized spacial score (nSPS) is 10.8. The van der Waals surface area contributed by atoms with Crippen LogP contribution in [-0.2, 0) is 0 Å². The van der Waals surface area contributed by atoms with Crippen molar-refractivity contribution in [1.82, 2.24) is 4.98 Å². The van der Waals surface area contributed by atoms with Gasteiger partial charge in [0.1, 0.15) is 5.01 Å². The van der Waals surface area contributed by atoms with Crippen LogP contribution in [0.4, 0.5) is 11.4 Å². The van der Waals surface area contributed by atoms with Crippen LogP contribution >= 0.6 is 11.3 Å². The minimum absolute atomic E-state index is 0.797. The van der Waals surface area contributed by atoms with E-state index in [1.807, 2.05) is 32.3 Å². The Labute approximate surface area is 116 Å². The molecular weight excluding hydrogens is 254 g/mol. The monoisotopic (exact) mass is 269 g/mol. The molecule has 19 heavy (non-hydrogen) atoms. The molecule has 2 aromatic carbocycles. The van der Waals surface area contributed by atoms with Gasteiger partial charge in [-0.3, -0.25) is 0 Å². The van der Waals surface area contributed by atoms with Crippen LogP contribution in [0.1, 0.15) is 0 Å². The Morgan fingerprint density at radius 1 is 1.05 bits per heavy atom. The van der Waals surface area contributed by atoms with E-state index in [0.717, 1.165) is 26.5 Å². The number of rotatable bonds is 2. The van der Waals surface area contributed by atoms with Gasteiger partial charge in [-0.25, -0.2) is 4.98 Å². The molecule has 3 nitrogen and oxygen atoms in total. The van der Waals surface area contributed by atoms with Crippen LogP contribution in [0, 0.1) is 0 Å². The molecule has 0 saturated heterocycles. The van der Waals surface area contributed by atoms with Crippen molar-refractivity contribution < 1.29 is 0 Å². The third-order valence-corrected chi connectivity index (χ3v) is 4.25. The zero-order chi connectivity index (χ0) is 13.4. The fraction of sp³-hybridized carbons (Fsp3) is 0.133. The summed E-state index contributed by atoms with van der Waals surface area (Å²) in [6.07, 6.45) is 0. The van der Waals surface area contributed by atoms with Crippen LogP contribution in [0.2, 0.25) is 0 Å². The lowest BCUT2D eigenvalue weighted by Gasteiger charge is -2.11. The quantitative estimate of drug-likeness (QED) is 0.723. The minimum Gasteiger partial charge on any atom is -0.398 e. The number of nitrogens with two attached hydrogens (primary N) is 1. The van der Waals surface area contributed by atoms with Crippen molar-refractivity contribution in [1.29, 1.82) is 0 Å². The first kappa shape index (κ1) is 12.0. The molecule has 0 spiro atoms. The molecule has 2 N–H and O–H groups in total. The van der Waals surface area contributed by atoms with E-state index in [9.17, 15) is 0 Å². The Kier molecular flexibility index (Phi) is 2.87. The van der Waals surface area contributed by atoms with Gasteiger partial charge in [0.05, 0.1) is 15.9 Å². The predicted molar refractivity (Wildman–Crippen MR) is 83.8 cm³/mol. The molecule has 0 unspecified atom stereocenters. The van der Waals surface area contributed by atoms with Gasteiger partial charge in [0.15, 0.2) is 0 Å². The van der Waals surface area contributed by atoms with Crippen LogP contribution in [0.5, 0.6) is 0 Å². The number of nitrogens with zero attached hydrogens (tertiary/aromatic N) is 2. The largest absolute Gasteiger partial charge is 0.398 e. The van der Waals surface area contributed by atoms with E-state index in [4.69, 9.17) is 5.73 Å². The van der Waals surface area contributed by atoms with Gasteiger partial charge < -0.3 is 10.6 Å². The third kappa shape index (κ3) is 2.15. The molecule has 96 valence electrons. The summed E-state index contributed by atoms with van der Waals surface area (Å²) < 4.78 is 1.06. The van der Waals surface area contributed by atoms with Crippen molar-refractivity contribution in [3.8, 4) is 10.6 Å². The molecule has 0 aliphatic rings. The maximum absolute atomic E-state index is 5.98. The molecule has 0 atom stereocenters. The van der Waals surface area contributed by atoms with Crippen LogP contribution in [0.25, 0.3) is 20.8 Å². The Hall–Kier alpha value is -2.07. The maximum atomic E-state index is 5.98. The van der Waals surface area contributed by atoms with Crippen LogP contribution in [0.3, 0.4) is 0 Å². The Morgan fingerprint density at radius 2 is 1.79 bits per heavy atom. The fourth-order valence-corrected chi connectivity index (χ4v) is 2.99. The second kappa shape index (κ2) is 4.55. The van der Waals surface area contributed by atoms with Gasteiger partial charge in [-0.15, -0.1) is 11.3 Å². The van der Waals surface area contributed by atoms with Gasteiger partial charge >= 0.3 is 0 Å². The Balaban J connectivity index is 2.06. The second-order valence-electron chi connectivity index (χ2n) is 4.66. The van der Waals surface area contributed by atoms with Gasteiger partial charge in [-0.2, -0.15) is 0 Å². The second-order valence-corrected chi connectivity index (χ2v) is 5.65. The van der Waals surface area contributed by atoms with Gasteiger partial charge in [-0.1, -0.05) is 6.07 Å². The molecule has 1 heterocycles. The first-order valence-corrected chi connectivity index (χ1v) is 6.89. The van der Waals surface area contributed by atoms with Crippen molar-refractivity contribution in [2.75, 3.05) is 24.7 Å². The van der Waals surface area contributed by atoms with E-state index in [0.29, 0.717) is 0 Å². The van der Waals surface area contributed by atoms with E-state index >= 15 is 0 Å². The SMILES string of the molecule is CN(C)c1ccc(-c2nc3cccc(N)c3s2)cc1. The number of benzene rings is 2. The zero-order valence-corrected chi connectivity index (χ0v) is 11.7. The first-order chi connectivity index (χ1) is 9.15. The molecule has 0 amide bonds. The summed E-state index contributed by atoms with van der Waals surface area (Å²) >= 11 is 1.64. The lowest BCUT2D eigenvalue weighted by atomic mass is 10.2. The number of hydrogen-bond donors (Lipinski definition) is 1. The summed E-state index contributed by atoms with van der Waals surface area (Å²) in [5.74, 6) is 0. The molecule has 4 heteroatoms. The van der Waals surface area contributed by atoms with E-state index < -0.39 is 0 Å². The van der Waals surface area contributed by atoms with Gasteiger partial charge in [0, 0.05) is 25.3 Å². The maximum Gasteiger partial charge on any atom is 0.124 e. The average Bonchev–Trinajstić information content (AvgIpc) is 2.84. The summed E-state index contributed by atoms with van der Waals surface area (Å²) in [5.41, 5.74) is 10.1. The zero-order valence-electron chi connectivity index (χ0n) is 10.9. The van der Waals surface area contributed by atoms with Crippen molar-refractivity contribution >= 4 is 32.9 Å². The highest BCUT2D eigenvalue weighted by Gasteiger charge is 2.08. The van der Waals surface area contributed by atoms with Crippen LogP contribution < -0.4 is 10.6 Å². The molecule has 1 aromatic heterocycles. The van der Waals surface area contributed by atoms with E-state index in [-0.39, 0.29) is 0 Å². The number of hydrogen-bond acceptors (Lipinski definition) is 4. The molecule has 0 aliphatic heterocycles. The van der Waals surface area contributed by atoms with E-state index in [2.05, 4.69) is 34.1 Å². The highest BCUT2D eigenvalue weighted by molar-refractivity contribution is 7.22. The molecule has 0 bridgehead atoms. The summed E-state index contributed by atoms with van der Waals surface area (Å²) in [7, 11) is 4.07. The molecular formula is C15H15N3S. The first-order valence-electron chi connectivity index (χ1n) is 6.08. The van der Waals surface area contributed by atoms with Crippen molar-refractivity contribution in [3.63, 3.8) is 0 Å². The highest BCUT2D eigenvalue weighted by atomic mass is 32.1. The van der Waals surface area contributed by atoms with E-state index in [1.54, 1.807) is 11.3 Å². The summed E-state index contributed by atoms with van der Waals surface area (Å²) in [6.45, 7) is 0. The lowest BCUT2D eigenvalue weighted by Crippen LogP contribution is -2.07. The lowest BCUT2D eigenvalue weighted by molar-refractivity contribution is 1.13. The molecule has 3 rings (SSSR count).